The fraction of sp³-hybridized carbons (Fsp3) is 0.412. The third kappa shape index (κ3) is 8.24. The van der Waals surface area contributed by atoms with Crippen molar-refractivity contribution in [1.29, 1.82) is 0 Å². The van der Waals surface area contributed by atoms with Gasteiger partial charge in [0.05, 0.1) is 19.6 Å². The van der Waals surface area contributed by atoms with Crippen molar-refractivity contribution in [3.8, 4) is 0 Å². The van der Waals surface area contributed by atoms with Crippen LogP contribution in [0.1, 0.15) is 18.4 Å². The zero-order valence-corrected chi connectivity index (χ0v) is 25.4. The van der Waals surface area contributed by atoms with Gasteiger partial charge in [-0.05, 0) is 50.7 Å². The smallest absolute Gasteiger partial charge is 0.317 e. The van der Waals surface area contributed by atoms with E-state index in [9.17, 15) is 34.5 Å². The van der Waals surface area contributed by atoms with E-state index in [-0.39, 0.29) is 25.5 Å². The van der Waals surface area contributed by atoms with Crippen LogP contribution in [0.4, 0.5) is 0 Å². The maximum absolute atomic E-state index is 13.6. The first-order valence-electron chi connectivity index (χ1n) is 15.4. The minimum absolute atomic E-state index is 0.0529. The second kappa shape index (κ2) is 14.6. The fourth-order valence-corrected chi connectivity index (χ4v) is 6.44. The van der Waals surface area contributed by atoms with E-state index >= 15 is 0 Å². The summed E-state index contributed by atoms with van der Waals surface area (Å²) in [6.45, 7) is 1.81. The van der Waals surface area contributed by atoms with Crippen LogP contribution < -0.4 is 0 Å². The van der Waals surface area contributed by atoms with E-state index in [0.717, 1.165) is 6.42 Å². The number of hydrogen-bond donors (Lipinski definition) is 3. The second-order valence-corrected chi connectivity index (χ2v) is 11.8. The van der Waals surface area contributed by atoms with E-state index in [1.807, 2.05) is 0 Å². The molecule has 0 aliphatic carbocycles. The molecule has 0 radical (unpaired) electrons. The summed E-state index contributed by atoms with van der Waals surface area (Å²) < 4.78 is 0. The van der Waals surface area contributed by atoms with Gasteiger partial charge in [-0.15, -0.1) is 0 Å². The Balaban J connectivity index is 1.28. The lowest BCUT2D eigenvalue weighted by molar-refractivity contribution is -0.141. The molecule has 1 fully saturated rings. The highest BCUT2D eigenvalue weighted by atomic mass is 16.4. The van der Waals surface area contributed by atoms with Gasteiger partial charge in [-0.1, -0.05) is 54.6 Å². The van der Waals surface area contributed by atoms with Gasteiger partial charge in [0.15, 0.2) is 0 Å². The van der Waals surface area contributed by atoms with Gasteiger partial charge in [-0.3, -0.25) is 33.9 Å². The highest BCUT2D eigenvalue weighted by Gasteiger charge is 2.22. The van der Waals surface area contributed by atoms with Crippen LogP contribution in [0, 0.1) is 0 Å². The SMILES string of the molecule is O=C(O)CN1CCN(CC(=O)O)CCN(C(=O)CCCc2ccc3ccc4cccc5ccc2c3c45)CCN(CC(=O)O)CC1. The summed E-state index contributed by atoms with van der Waals surface area (Å²) in [6.07, 6.45) is 1.68. The van der Waals surface area contributed by atoms with E-state index in [0.29, 0.717) is 65.2 Å². The summed E-state index contributed by atoms with van der Waals surface area (Å²) in [5.41, 5.74) is 1.19. The minimum atomic E-state index is -1.00. The molecule has 1 amide bonds. The molecule has 1 aliphatic rings. The second-order valence-electron chi connectivity index (χ2n) is 11.8. The number of carbonyl (C=O) groups is 4. The molecule has 0 atom stereocenters. The number of amides is 1. The van der Waals surface area contributed by atoms with E-state index in [4.69, 9.17) is 0 Å². The van der Waals surface area contributed by atoms with E-state index < -0.39 is 17.9 Å². The van der Waals surface area contributed by atoms with Crippen molar-refractivity contribution in [1.82, 2.24) is 19.6 Å². The zero-order chi connectivity index (χ0) is 31.9. The molecule has 4 aromatic carbocycles. The molecule has 0 saturated carbocycles. The first kappa shape index (κ1) is 32.1. The van der Waals surface area contributed by atoms with Crippen molar-refractivity contribution in [3.63, 3.8) is 0 Å². The summed E-state index contributed by atoms with van der Waals surface area (Å²) in [7, 11) is 0. The van der Waals surface area contributed by atoms with Crippen LogP contribution in [-0.4, -0.2) is 131 Å². The van der Waals surface area contributed by atoms with Gasteiger partial charge in [0.2, 0.25) is 5.91 Å². The van der Waals surface area contributed by atoms with E-state index in [2.05, 4.69) is 54.6 Å². The van der Waals surface area contributed by atoms with Crippen molar-refractivity contribution in [2.75, 3.05) is 72.0 Å². The highest BCUT2D eigenvalue weighted by molar-refractivity contribution is 6.23. The minimum Gasteiger partial charge on any atom is -0.480 e. The normalized spacial score (nSPS) is 16.6. The van der Waals surface area contributed by atoms with Gasteiger partial charge in [0.25, 0.3) is 0 Å². The lowest BCUT2D eigenvalue weighted by Gasteiger charge is -2.33. The lowest BCUT2D eigenvalue weighted by atomic mass is 9.90. The number of benzene rings is 4. The molecule has 45 heavy (non-hydrogen) atoms. The molecule has 1 aliphatic heterocycles. The highest BCUT2D eigenvalue weighted by Crippen LogP contribution is 2.36. The number of aliphatic carboxylic acids is 3. The maximum Gasteiger partial charge on any atom is 0.317 e. The molecule has 11 nitrogen and oxygen atoms in total. The molecule has 0 aromatic heterocycles. The van der Waals surface area contributed by atoms with Crippen LogP contribution in [0.15, 0.2) is 54.6 Å². The van der Waals surface area contributed by atoms with Crippen molar-refractivity contribution < 1.29 is 34.5 Å². The molecule has 11 heteroatoms. The number of carboxylic acid groups (broad SMARTS) is 3. The first-order valence-corrected chi connectivity index (χ1v) is 15.4. The van der Waals surface area contributed by atoms with Crippen LogP contribution >= 0.6 is 0 Å². The van der Waals surface area contributed by atoms with Crippen LogP contribution in [0.25, 0.3) is 32.3 Å². The van der Waals surface area contributed by atoms with Gasteiger partial charge in [0.1, 0.15) is 0 Å². The van der Waals surface area contributed by atoms with E-state index in [1.165, 1.54) is 37.9 Å². The zero-order valence-electron chi connectivity index (χ0n) is 25.4. The Kier molecular flexibility index (Phi) is 10.4. The van der Waals surface area contributed by atoms with Crippen molar-refractivity contribution in [2.24, 2.45) is 0 Å². The Morgan fingerprint density at radius 3 is 1.51 bits per heavy atom. The van der Waals surface area contributed by atoms with Crippen molar-refractivity contribution >= 4 is 56.1 Å². The monoisotopic (exact) mass is 616 g/mol. The Morgan fingerprint density at radius 1 is 0.556 bits per heavy atom. The number of nitrogens with zero attached hydrogens (tertiary/aromatic N) is 4. The maximum atomic E-state index is 13.6. The fourth-order valence-electron chi connectivity index (χ4n) is 6.44. The van der Waals surface area contributed by atoms with Crippen LogP contribution in [0.3, 0.4) is 0 Å². The van der Waals surface area contributed by atoms with Gasteiger partial charge in [0, 0.05) is 58.8 Å². The molecule has 1 saturated heterocycles. The standard InChI is InChI=1S/C34H40N4O7/c39-29(6-2-3-24-7-8-27-10-9-25-4-1-5-26-11-12-28(24)34(27)33(25)26)38-19-17-36(22-31(42)43)15-13-35(21-30(40)41)14-16-37(18-20-38)23-32(44)45/h1,4-5,7-12H,2-3,6,13-23H2,(H,40,41)(H,42,43)(H,44,45). The molecule has 0 spiro atoms. The van der Waals surface area contributed by atoms with Crippen LogP contribution in [0.2, 0.25) is 0 Å². The van der Waals surface area contributed by atoms with Gasteiger partial charge in [-0.2, -0.15) is 0 Å². The van der Waals surface area contributed by atoms with Gasteiger partial charge in [-0.25, -0.2) is 0 Å². The molecule has 4 aromatic rings. The molecule has 0 unspecified atom stereocenters. The van der Waals surface area contributed by atoms with Crippen LogP contribution in [0.5, 0.6) is 0 Å². The quantitative estimate of drug-likeness (QED) is 0.228. The molecule has 238 valence electrons. The summed E-state index contributed by atoms with van der Waals surface area (Å²) in [4.78, 5) is 54.9. The van der Waals surface area contributed by atoms with E-state index in [1.54, 1.807) is 19.6 Å². The average Bonchev–Trinajstić information content (AvgIpc) is 2.99. The Labute approximate surface area is 261 Å². The number of carboxylic acids is 3. The molecule has 0 bridgehead atoms. The van der Waals surface area contributed by atoms with Gasteiger partial charge >= 0.3 is 17.9 Å². The third-order valence-corrected chi connectivity index (χ3v) is 8.72. The van der Waals surface area contributed by atoms with Crippen molar-refractivity contribution in [3.05, 3.63) is 60.2 Å². The number of rotatable bonds is 10. The van der Waals surface area contributed by atoms with Crippen molar-refractivity contribution in [2.45, 2.75) is 19.3 Å². The first-order chi connectivity index (χ1) is 21.7. The number of hydrogen-bond acceptors (Lipinski definition) is 7. The lowest BCUT2D eigenvalue weighted by Crippen LogP contribution is -2.49. The summed E-state index contributed by atoms with van der Waals surface area (Å²) in [5.74, 6) is -3.05. The average molecular weight is 617 g/mol. The summed E-state index contributed by atoms with van der Waals surface area (Å²) in [5, 5.41) is 35.5. The molecule has 5 rings (SSSR count). The number of carbonyl (C=O) groups excluding carboxylic acids is 1. The number of aryl methyl sites for hydroxylation is 1. The van der Waals surface area contributed by atoms with Crippen LogP contribution in [-0.2, 0) is 25.6 Å². The Morgan fingerprint density at radius 2 is 1.00 bits per heavy atom. The largest absolute Gasteiger partial charge is 0.480 e. The Bertz CT molecular complexity index is 1630. The molecule has 3 N–H and O–H groups in total. The predicted molar refractivity (Wildman–Crippen MR) is 172 cm³/mol. The van der Waals surface area contributed by atoms with Gasteiger partial charge < -0.3 is 20.2 Å². The predicted octanol–water partition coefficient (Wildman–Crippen LogP) is 2.91. The molecule has 1 heterocycles. The molecular weight excluding hydrogens is 576 g/mol. The topological polar surface area (TPSA) is 142 Å². The third-order valence-electron chi connectivity index (χ3n) is 8.72. The molecular formula is C34H40N4O7. The summed E-state index contributed by atoms with van der Waals surface area (Å²) in [6, 6.07) is 19.3. The Hall–Kier alpha value is -4.32. The summed E-state index contributed by atoms with van der Waals surface area (Å²) >= 11 is 0.